The summed E-state index contributed by atoms with van der Waals surface area (Å²) >= 11 is 0. The third-order valence-electron chi connectivity index (χ3n) is 8.44. The number of carbonyl (C=O) groups is 3. The summed E-state index contributed by atoms with van der Waals surface area (Å²) in [6.45, 7) is 3.68. The van der Waals surface area contributed by atoms with Crippen molar-refractivity contribution in [3.8, 4) is 11.3 Å². The zero-order valence-corrected chi connectivity index (χ0v) is 24.2. The number of anilines is 2. The number of fused-ring (bicyclic) bond motifs is 1. The summed E-state index contributed by atoms with van der Waals surface area (Å²) in [6.07, 6.45) is 4.41. The SMILES string of the molecule is CC(=O)Nc1ccc(-c2[nH]c3ccc(NC(=O)[C@@H]4CCCCN4C(=O)[C@@H](c4ccccc4)N4CCCC4)cc3c2F)cc1. The Balaban J connectivity index is 1.22. The van der Waals surface area contributed by atoms with Gasteiger partial charge in [0.05, 0.1) is 5.69 Å². The lowest BCUT2D eigenvalue weighted by Crippen LogP contribution is -2.53. The van der Waals surface area contributed by atoms with E-state index < -0.39 is 17.9 Å². The Morgan fingerprint density at radius 1 is 0.860 bits per heavy atom. The number of amides is 3. The predicted molar refractivity (Wildman–Crippen MR) is 166 cm³/mol. The van der Waals surface area contributed by atoms with Gasteiger partial charge in [-0.05, 0) is 81.1 Å². The maximum Gasteiger partial charge on any atom is 0.247 e. The fraction of sp³-hybridized carbons (Fsp3) is 0.324. The molecule has 6 rings (SSSR count). The molecule has 1 aromatic heterocycles. The van der Waals surface area contributed by atoms with E-state index in [0.717, 1.165) is 44.3 Å². The number of aromatic nitrogens is 1. The third kappa shape index (κ3) is 6.03. The highest BCUT2D eigenvalue weighted by molar-refractivity contribution is 6.00. The van der Waals surface area contributed by atoms with Crippen LogP contribution in [0.2, 0.25) is 0 Å². The molecule has 9 heteroatoms. The van der Waals surface area contributed by atoms with Gasteiger partial charge in [-0.25, -0.2) is 4.39 Å². The number of nitrogens with one attached hydrogen (secondary N) is 3. The van der Waals surface area contributed by atoms with E-state index in [9.17, 15) is 14.4 Å². The lowest BCUT2D eigenvalue weighted by atomic mass is 9.97. The molecule has 0 radical (unpaired) electrons. The van der Waals surface area contributed by atoms with E-state index >= 15 is 4.39 Å². The average molecular weight is 582 g/mol. The standard InChI is InChI=1S/C34H36FN5O3/c1-22(41)36-25-14-12-23(13-15-25)31-30(35)27-21-26(16-17-28(27)38-31)37-33(42)29-11-5-6-20-40(29)34(43)32(39-18-7-8-19-39)24-9-3-2-4-10-24/h2-4,9-10,12-17,21,29,32,38H,5-8,11,18-20H2,1H3,(H,36,41)(H,37,42)/t29-,32+/m0/s1. The topological polar surface area (TPSA) is 97.5 Å². The smallest absolute Gasteiger partial charge is 0.247 e. The van der Waals surface area contributed by atoms with E-state index in [1.807, 2.05) is 30.3 Å². The normalized spacial score (nSPS) is 18.0. The minimum atomic E-state index is -0.598. The Kier molecular flexibility index (Phi) is 8.24. The number of hydrogen-bond acceptors (Lipinski definition) is 4. The molecular weight excluding hydrogens is 545 g/mol. The molecule has 3 amide bonds. The highest BCUT2D eigenvalue weighted by Gasteiger charge is 2.39. The molecule has 2 atom stereocenters. The molecule has 0 bridgehead atoms. The molecule has 3 aromatic carbocycles. The molecule has 0 aliphatic carbocycles. The quantitative estimate of drug-likeness (QED) is 0.246. The fourth-order valence-electron chi connectivity index (χ4n) is 6.35. The number of piperidine rings is 1. The molecule has 3 N–H and O–H groups in total. The van der Waals surface area contributed by atoms with Crippen LogP contribution in [0.4, 0.5) is 15.8 Å². The summed E-state index contributed by atoms with van der Waals surface area (Å²) in [5, 5.41) is 6.03. The van der Waals surface area contributed by atoms with Crippen molar-refractivity contribution in [2.75, 3.05) is 30.3 Å². The Morgan fingerprint density at radius 3 is 2.28 bits per heavy atom. The van der Waals surface area contributed by atoms with E-state index in [0.29, 0.717) is 46.5 Å². The van der Waals surface area contributed by atoms with Crippen LogP contribution in [0.15, 0.2) is 72.8 Å². The fourth-order valence-corrected chi connectivity index (χ4v) is 6.35. The number of hydrogen-bond donors (Lipinski definition) is 3. The Morgan fingerprint density at radius 2 is 1.56 bits per heavy atom. The van der Waals surface area contributed by atoms with Gasteiger partial charge in [0.15, 0.2) is 5.82 Å². The highest BCUT2D eigenvalue weighted by atomic mass is 19.1. The van der Waals surface area contributed by atoms with Gasteiger partial charge >= 0.3 is 0 Å². The van der Waals surface area contributed by atoms with Crippen LogP contribution in [0.3, 0.4) is 0 Å². The number of H-pyrrole nitrogens is 1. The van der Waals surface area contributed by atoms with Crippen LogP contribution in [0.1, 0.15) is 50.6 Å². The van der Waals surface area contributed by atoms with Crippen molar-refractivity contribution < 1.29 is 18.8 Å². The van der Waals surface area contributed by atoms with Crippen molar-refractivity contribution in [2.24, 2.45) is 0 Å². The van der Waals surface area contributed by atoms with Gasteiger partial charge in [-0.2, -0.15) is 0 Å². The van der Waals surface area contributed by atoms with Crippen LogP contribution in [0.25, 0.3) is 22.2 Å². The first-order valence-corrected chi connectivity index (χ1v) is 15.0. The number of nitrogens with zero attached hydrogens (tertiary/aromatic N) is 2. The number of likely N-dealkylation sites (tertiary alicyclic amines) is 2. The molecule has 4 aromatic rings. The summed E-state index contributed by atoms with van der Waals surface area (Å²) in [6, 6.07) is 20.9. The van der Waals surface area contributed by atoms with Gasteiger partial charge in [0.1, 0.15) is 12.1 Å². The minimum absolute atomic E-state index is 0.0331. The van der Waals surface area contributed by atoms with Crippen molar-refractivity contribution in [3.63, 3.8) is 0 Å². The molecule has 0 saturated carbocycles. The Bertz CT molecular complexity index is 1630. The lowest BCUT2D eigenvalue weighted by molar-refractivity contribution is -0.145. The number of rotatable bonds is 7. The van der Waals surface area contributed by atoms with E-state index in [1.54, 1.807) is 47.4 Å². The molecule has 8 nitrogen and oxygen atoms in total. The molecule has 2 saturated heterocycles. The minimum Gasteiger partial charge on any atom is -0.352 e. The van der Waals surface area contributed by atoms with Crippen LogP contribution < -0.4 is 10.6 Å². The van der Waals surface area contributed by atoms with E-state index in [4.69, 9.17) is 0 Å². The first kappa shape index (κ1) is 28.6. The van der Waals surface area contributed by atoms with Gasteiger partial charge in [-0.1, -0.05) is 42.5 Å². The maximum atomic E-state index is 15.6. The third-order valence-corrected chi connectivity index (χ3v) is 8.44. The monoisotopic (exact) mass is 581 g/mol. The summed E-state index contributed by atoms with van der Waals surface area (Å²) in [7, 11) is 0. The van der Waals surface area contributed by atoms with Crippen LogP contribution in [-0.4, -0.2) is 58.2 Å². The Hall–Kier alpha value is -4.50. The molecule has 3 heterocycles. The lowest BCUT2D eigenvalue weighted by Gasteiger charge is -2.39. The largest absolute Gasteiger partial charge is 0.352 e. The van der Waals surface area contributed by atoms with Gasteiger partial charge in [-0.15, -0.1) is 0 Å². The molecular formula is C34H36FN5O3. The van der Waals surface area contributed by atoms with E-state index in [1.165, 1.54) is 6.92 Å². The zero-order chi connectivity index (χ0) is 29.9. The first-order chi connectivity index (χ1) is 20.9. The number of halogens is 1. The number of aromatic amines is 1. The molecule has 0 unspecified atom stereocenters. The van der Waals surface area contributed by atoms with Gasteiger partial charge in [0, 0.05) is 41.3 Å². The highest BCUT2D eigenvalue weighted by Crippen LogP contribution is 2.33. The average Bonchev–Trinajstić information content (AvgIpc) is 3.66. The maximum absolute atomic E-state index is 15.6. The van der Waals surface area contributed by atoms with Crippen molar-refractivity contribution in [1.82, 2.24) is 14.8 Å². The Labute approximate surface area is 250 Å². The molecule has 2 aliphatic rings. The predicted octanol–water partition coefficient (Wildman–Crippen LogP) is 6.09. The van der Waals surface area contributed by atoms with Gasteiger partial charge < -0.3 is 20.5 Å². The van der Waals surface area contributed by atoms with Crippen molar-refractivity contribution >= 4 is 40.0 Å². The summed E-state index contributed by atoms with van der Waals surface area (Å²) < 4.78 is 15.6. The first-order valence-electron chi connectivity index (χ1n) is 15.0. The second kappa shape index (κ2) is 12.4. The molecule has 0 spiro atoms. The van der Waals surface area contributed by atoms with Gasteiger partial charge in [0.25, 0.3) is 0 Å². The van der Waals surface area contributed by atoms with Crippen LogP contribution in [0.5, 0.6) is 0 Å². The summed E-state index contributed by atoms with van der Waals surface area (Å²) in [5.41, 5.74) is 3.61. The number of carbonyl (C=O) groups excluding carboxylic acids is 3. The molecule has 43 heavy (non-hydrogen) atoms. The van der Waals surface area contributed by atoms with Crippen molar-refractivity contribution in [2.45, 2.75) is 51.1 Å². The van der Waals surface area contributed by atoms with Crippen molar-refractivity contribution in [1.29, 1.82) is 0 Å². The van der Waals surface area contributed by atoms with Crippen LogP contribution >= 0.6 is 0 Å². The second-order valence-corrected chi connectivity index (χ2v) is 11.4. The van der Waals surface area contributed by atoms with E-state index in [2.05, 4.69) is 20.5 Å². The van der Waals surface area contributed by atoms with Crippen molar-refractivity contribution in [3.05, 3.63) is 84.2 Å². The van der Waals surface area contributed by atoms with Gasteiger partial charge in [-0.3, -0.25) is 19.3 Å². The second-order valence-electron chi connectivity index (χ2n) is 11.4. The van der Waals surface area contributed by atoms with Crippen LogP contribution in [-0.2, 0) is 14.4 Å². The van der Waals surface area contributed by atoms with Gasteiger partial charge in [0.2, 0.25) is 17.7 Å². The number of benzene rings is 3. The van der Waals surface area contributed by atoms with E-state index in [-0.39, 0.29) is 17.7 Å². The zero-order valence-electron chi connectivity index (χ0n) is 24.2. The van der Waals surface area contributed by atoms with Crippen LogP contribution in [0, 0.1) is 5.82 Å². The summed E-state index contributed by atoms with van der Waals surface area (Å²) in [5.74, 6) is -0.897. The summed E-state index contributed by atoms with van der Waals surface area (Å²) in [4.78, 5) is 46.2. The molecule has 222 valence electrons. The molecule has 2 aliphatic heterocycles. The molecule has 2 fully saturated rings.